The quantitative estimate of drug-likeness (QED) is 0.700. The molecule has 0 saturated carbocycles. The topological polar surface area (TPSA) is 64.1 Å². The molecular formula is C16H14ClN3O2S. The molecule has 0 aliphatic rings. The number of thiophene rings is 1. The fraction of sp³-hybridized carbons (Fsp3) is 0.188. The SMILES string of the molecule is CCOC(=O)c1csc2ncnc(Nc3cccc(Cl)c3C)c12. The lowest BCUT2D eigenvalue weighted by atomic mass is 10.2. The van der Waals surface area contributed by atoms with Gasteiger partial charge in [-0.05, 0) is 31.5 Å². The number of rotatable bonds is 4. The second-order valence-corrected chi connectivity index (χ2v) is 6.07. The van der Waals surface area contributed by atoms with Crippen molar-refractivity contribution in [3.8, 4) is 0 Å². The molecule has 1 aromatic carbocycles. The van der Waals surface area contributed by atoms with E-state index in [1.54, 1.807) is 12.3 Å². The number of fused-ring (bicyclic) bond motifs is 1. The number of aromatic nitrogens is 2. The van der Waals surface area contributed by atoms with Crippen LogP contribution in [0.5, 0.6) is 0 Å². The monoisotopic (exact) mass is 347 g/mol. The second kappa shape index (κ2) is 6.52. The van der Waals surface area contributed by atoms with Crippen LogP contribution in [0.25, 0.3) is 10.2 Å². The zero-order valence-corrected chi connectivity index (χ0v) is 14.2. The van der Waals surface area contributed by atoms with Gasteiger partial charge in [-0.25, -0.2) is 14.8 Å². The van der Waals surface area contributed by atoms with Gasteiger partial charge >= 0.3 is 5.97 Å². The highest BCUT2D eigenvalue weighted by Crippen LogP contribution is 2.33. The average Bonchev–Trinajstić information content (AvgIpc) is 2.97. The van der Waals surface area contributed by atoms with Crippen molar-refractivity contribution in [2.45, 2.75) is 13.8 Å². The fourth-order valence-corrected chi connectivity index (χ4v) is 3.25. The summed E-state index contributed by atoms with van der Waals surface area (Å²) >= 11 is 7.54. The summed E-state index contributed by atoms with van der Waals surface area (Å²) in [5.41, 5.74) is 2.21. The highest BCUT2D eigenvalue weighted by atomic mass is 35.5. The van der Waals surface area contributed by atoms with E-state index < -0.39 is 0 Å². The zero-order valence-electron chi connectivity index (χ0n) is 12.6. The third-order valence-corrected chi connectivity index (χ3v) is 4.68. The summed E-state index contributed by atoms with van der Waals surface area (Å²) in [6.07, 6.45) is 1.47. The Morgan fingerprint density at radius 1 is 1.39 bits per heavy atom. The molecule has 2 heterocycles. The smallest absolute Gasteiger partial charge is 0.339 e. The van der Waals surface area contributed by atoms with E-state index in [1.807, 2.05) is 25.1 Å². The van der Waals surface area contributed by atoms with Gasteiger partial charge in [-0.3, -0.25) is 0 Å². The van der Waals surface area contributed by atoms with E-state index in [0.717, 1.165) is 16.1 Å². The minimum Gasteiger partial charge on any atom is -0.462 e. The van der Waals surface area contributed by atoms with Crippen LogP contribution in [0.1, 0.15) is 22.8 Å². The van der Waals surface area contributed by atoms with E-state index in [0.29, 0.717) is 28.4 Å². The Labute approximate surface area is 142 Å². The number of benzene rings is 1. The molecule has 0 aliphatic heterocycles. The molecule has 1 N–H and O–H groups in total. The second-order valence-electron chi connectivity index (χ2n) is 4.81. The van der Waals surface area contributed by atoms with E-state index in [4.69, 9.17) is 16.3 Å². The predicted octanol–water partition coefficient (Wildman–Crippen LogP) is 4.57. The first-order valence-corrected chi connectivity index (χ1v) is 8.29. The van der Waals surface area contributed by atoms with Gasteiger partial charge in [0, 0.05) is 16.1 Å². The van der Waals surface area contributed by atoms with Crippen molar-refractivity contribution in [3.05, 3.63) is 46.1 Å². The Morgan fingerprint density at radius 2 is 2.22 bits per heavy atom. The predicted molar refractivity (Wildman–Crippen MR) is 92.8 cm³/mol. The van der Waals surface area contributed by atoms with E-state index in [2.05, 4.69) is 15.3 Å². The van der Waals surface area contributed by atoms with Crippen LogP contribution in [0.4, 0.5) is 11.5 Å². The first kappa shape index (κ1) is 15.7. The van der Waals surface area contributed by atoms with Crippen molar-refractivity contribution in [1.82, 2.24) is 9.97 Å². The molecule has 23 heavy (non-hydrogen) atoms. The number of carbonyl (C=O) groups is 1. The minimum absolute atomic E-state index is 0.319. The molecule has 0 fully saturated rings. The van der Waals surface area contributed by atoms with Gasteiger partial charge in [0.25, 0.3) is 0 Å². The van der Waals surface area contributed by atoms with Crippen LogP contribution >= 0.6 is 22.9 Å². The minimum atomic E-state index is -0.376. The maximum atomic E-state index is 12.1. The van der Waals surface area contributed by atoms with Crippen molar-refractivity contribution < 1.29 is 9.53 Å². The molecule has 0 atom stereocenters. The Hall–Kier alpha value is -2.18. The standard InChI is InChI=1S/C16H14ClN3O2S/c1-3-22-16(21)10-7-23-15-13(10)14(18-8-19-15)20-12-6-4-5-11(17)9(12)2/h4-8H,3H2,1-2H3,(H,18,19,20). The Balaban J connectivity index is 2.09. The summed E-state index contributed by atoms with van der Waals surface area (Å²) in [6, 6.07) is 5.59. The molecule has 0 bridgehead atoms. The molecule has 0 spiro atoms. The number of ether oxygens (including phenoxy) is 1. The molecule has 2 aromatic heterocycles. The third-order valence-electron chi connectivity index (χ3n) is 3.39. The number of hydrogen-bond donors (Lipinski definition) is 1. The van der Waals surface area contributed by atoms with Gasteiger partial charge in [-0.15, -0.1) is 11.3 Å². The first-order valence-electron chi connectivity index (χ1n) is 7.03. The van der Waals surface area contributed by atoms with Gasteiger partial charge in [0.15, 0.2) is 0 Å². The van der Waals surface area contributed by atoms with E-state index in [9.17, 15) is 4.79 Å². The molecule has 118 valence electrons. The molecule has 0 amide bonds. The van der Waals surface area contributed by atoms with E-state index in [1.165, 1.54) is 17.7 Å². The number of esters is 1. The van der Waals surface area contributed by atoms with Crippen molar-refractivity contribution in [3.63, 3.8) is 0 Å². The van der Waals surface area contributed by atoms with E-state index in [-0.39, 0.29) is 5.97 Å². The van der Waals surface area contributed by atoms with Gasteiger partial charge in [0.2, 0.25) is 0 Å². The molecule has 0 aliphatic carbocycles. The number of carbonyl (C=O) groups excluding carboxylic acids is 1. The Bertz CT molecular complexity index is 879. The number of halogens is 1. The van der Waals surface area contributed by atoms with Crippen molar-refractivity contribution in [2.75, 3.05) is 11.9 Å². The molecule has 7 heteroatoms. The van der Waals surface area contributed by atoms with Crippen LogP contribution in [0, 0.1) is 6.92 Å². The zero-order chi connectivity index (χ0) is 16.4. The van der Waals surface area contributed by atoms with Gasteiger partial charge in [-0.2, -0.15) is 0 Å². The molecule has 3 aromatic rings. The lowest BCUT2D eigenvalue weighted by molar-refractivity contribution is 0.0529. The molecule has 0 radical (unpaired) electrons. The van der Waals surface area contributed by atoms with Gasteiger partial charge in [0.05, 0.1) is 17.6 Å². The van der Waals surface area contributed by atoms with E-state index >= 15 is 0 Å². The summed E-state index contributed by atoms with van der Waals surface area (Å²) in [7, 11) is 0. The lowest BCUT2D eigenvalue weighted by Gasteiger charge is -2.11. The first-order chi connectivity index (χ1) is 11.1. The van der Waals surface area contributed by atoms with Crippen molar-refractivity contribution >= 4 is 50.6 Å². The lowest BCUT2D eigenvalue weighted by Crippen LogP contribution is -2.05. The molecular weight excluding hydrogens is 334 g/mol. The summed E-state index contributed by atoms with van der Waals surface area (Å²) in [5.74, 6) is 0.184. The summed E-state index contributed by atoms with van der Waals surface area (Å²) in [4.78, 5) is 21.4. The Morgan fingerprint density at radius 3 is 3.00 bits per heavy atom. The summed E-state index contributed by atoms with van der Waals surface area (Å²) < 4.78 is 5.11. The van der Waals surface area contributed by atoms with Gasteiger partial charge in [0.1, 0.15) is 17.0 Å². The Kier molecular flexibility index (Phi) is 4.45. The average molecular weight is 348 g/mol. The van der Waals surface area contributed by atoms with Gasteiger partial charge in [-0.1, -0.05) is 17.7 Å². The number of nitrogens with one attached hydrogen (secondary N) is 1. The van der Waals surface area contributed by atoms with Crippen LogP contribution in [-0.2, 0) is 4.74 Å². The molecule has 3 rings (SSSR count). The summed E-state index contributed by atoms with van der Waals surface area (Å²) in [5, 5.41) is 6.31. The van der Waals surface area contributed by atoms with Crippen molar-refractivity contribution in [1.29, 1.82) is 0 Å². The summed E-state index contributed by atoms with van der Waals surface area (Å²) in [6.45, 7) is 4.01. The largest absolute Gasteiger partial charge is 0.462 e. The molecule has 5 nitrogen and oxygen atoms in total. The molecule has 0 unspecified atom stereocenters. The van der Waals surface area contributed by atoms with Crippen LogP contribution in [0.15, 0.2) is 29.9 Å². The fourth-order valence-electron chi connectivity index (χ4n) is 2.20. The number of anilines is 2. The van der Waals surface area contributed by atoms with Crippen molar-refractivity contribution in [2.24, 2.45) is 0 Å². The highest BCUT2D eigenvalue weighted by Gasteiger charge is 2.18. The normalized spacial score (nSPS) is 10.7. The number of nitrogens with zero attached hydrogens (tertiary/aromatic N) is 2. The van der Waals surface area contributed by atoms with Crippen LogP contribution < -0.4 is 5.32 Å². The number of hydrogen-bond acceptors (Lipinski definition) is 6. The van der Waals surface area contributed by atoms with Gasteiger partial charge < -0.3 is 10.1 Å². The maximum absolute atomic E-state index is 12.1. The van der Waals surface area contributed by atoms with Crippen LogP contribution in [0.3, 0.4) is 0 Å². The van der Waals surface area contributed by atoms with Crippen LogP contribution in [-0.4, -0.2) is 22.5 Å². The highest BCUT2D eigenvalue weighted by molar-refractivity contribution is 7.17. The third kappa shape index (κ3) is 3.00. The van der Waals surface area contributed by atoms with Crippen LogP contribution in [0.2, 0.25) is 5.02 Å². The maximum Gasteiger partial charge on any atom is 0.339 e. The molecule has 0 saturated heterocycles.